The maximum atomic E-state index is 12.2. The average molecular weight is 306 g/mol. The van der Waals surface area contributed by atoms with Gasteiger partial charge >= 0.3 is 0 Å². The molecule has 5 heteroatoms. The van der Waals surface area contributed by atoms with Crippen molar-refractivity contribution in [3.8, 4) is 5.75 Å². The molecule has 1 fully saturated rings. The first-order chi connectivity index (χ1) is 10.6. The van der Waals surface area contributed by atoms with Crippen LogP contribution in [-0.4, -0.2) is 48.3 Å². The Morgan fingerprint density at radius 3 is 2.77 bits per heavy atom. The van der Waals surface area contributed by atoms with Crippen LogP contribution in [0.4, 0.5) is 5.69 Å². The van der Waals surface area contributed by atoms with Crippen molar-refractivity contribution < 1.29 is 14.6 Å². The number of likely N-dealkylation sites (tertiary alicyclic amines) is 1. The van der Waals surface area contributed by atoms with Gasteiger partial charge in [0.15, 0.2) is 0 Å². The summed E-state index contributed by atoms with van der Waals surface area (Å²) in [4.78, 5) is 14.3. The molecule has 0 aliphatic carbocycles. The number of carbonyl (C=O) groups is 1. The maximum absolute atomic E-state index is 12.2. The second-order valence-electron chi connectivity index (χ2n) is 5.79. The van der Waals surface area contributed by atoms with Crippen LogP contribution in [0.5, 0.6) is 5.75 Å². The highest BCUT2D eigenvalue weighted by atomic mass is 16.5. The largest absolute Gasteiger partial charge is 0.497 e. The summed E-state index contributed by atoms with van der Waals surface area (Å²) in [6.45, 7) is 3.18. The molecule has 1 amide bonds. The van der Waals surface area contributed by atoms with E-state index >= 15 is 0 Å². The molecule has 5 nitrogen and oxygen atoms in total. The number of aliphatic hydroxyl groups excluding tert-OH is 1. The molecule has 0 spiro atoms. The number of aliphatic hydroxyl groups is 1. The van der Waals surface area contributed by atoms with Gasteiger partial charge in [0.05, 0.1) is 19.8 Å². The van der Waals surface area contributed by atoms with E-state index in [0.717, 1.165) is 43.7 Å². The highest BCUT2D eigenvalue weighted by molar-refractivity contribution is 5.92. The molecule has 22 heavy (non-hydrogen) atoms. The van der Waals surface area contributed by atoms with Crippen molar-refractivity contribution in [3.05, 3.63) is 24.3 Å². The van der Waals surface area contributed by atoms with Crippen molar-refractivity contribution in [2.45, 2.75) is 44.8 Å². The molecular formula is C17H26N2O3. The number of piperidine rings is 1. The van der Waals surface area contributed by atoms with Gasteiger partial charge in [-0.2, -0.15) is 0 Å². The van der Waals surface area contributed by atoms with E-state index in [9.17, 15) is 9.90 Å². The first kappa shape index (κ1) is 16.8. The summed E-state index contributed by atoms with van der Waals surface area (Å²) in [5.41, 5.74) is 0.760. The average Bonchev–Trinajstić information content (AvgIpc) is 2.55. The minimum atomic E-state index is -0.353. The van der Waals surface area contributed by atoms with E-state index in [0.29, 0.717) is 6.54 Å². The van der Waals surface area contributed by atoms with Gasteiger partial charge in [0.2, 0.25) is 5.91 Å². The Labute approximate surface area is 132 Å². The third-order valence-electron chi connectivity index (χ3n) is 4.25. The smallest absolute Gasteiger partial charge is 0.238 e. The molecule has 1 aliphatic rings. The number of anilines is 1. The topological polar surface area (TPSA) is 61.8 Å². The van der Waals surface area contributed by atoms with E-state index < -0.39 is 0 Å². The van der Waals surface area contributed by atoms with Crippen molar-refractivity contribution in [1.82, 2.24) is 4.90 Å². The number of rotatable bonds is 6. The summed E-state index contributed by atoms with van der Waals surface area (Å²) in [5, 5.41) is 13.0. The number of hydrogen-bond donors (Lipinski definition) is 2. The Hall–Kier alpha value is -1.59. The van der Waals surface area contributed by atoms with Crippen LogP contribution in [0.15, 0.2) is 24.3 Å². The zero-order valence-electron chi connectivity index (χ0n) is 13.4. The van der Waals surface area contributed by atoms with Gasteiger partial charge in [-0.25, -0.2) is 0 Å². The van der Waals surface area contributed by atoms with E-state index in [4.69, 9.17) is 4.74 Å². The number of amides is 1. The number of methoxy groups -OCH3 is 1. The predicted molar refractivity (Wildman–Crippen MR) is 87.1 cm³/mol. The second-order valence-corrected chi connectivity index (χ2v) is 5.79. The molecule has 1 aromatic rings. The molecule has 2 rings (SSSR count). The fourth-order valence-electron chi connectivity index (χ4n) is 2.98. The SMILES string of the molecule is CCC(O)C1CCCCN1CC(=O)Nc1ccc(OC)cc1. The third-order valence-corrected chi connectivity index (χ3v) is 4.25. The molecule has 2 N–H and O–H groups in total. The first-order valence-electron chi connectivity index (χ1n) is 8.00. The number of nitrogens with one attached hydrogen (secondary N) is 1. The van der Waals surface area contributed by atoms with Gasteiger partial charge in [-0.3, -0.25) is 9.69 Å². The van der Waals surface area contributed by atoms with Gasteiger partial charge in [-0.15, -0.1) is 0 Å². The lowest BCUT2D eigenvalue weighted by Crippen LogP contribution is -2.49. The van der Waals surface area contributed by atoms with E-state index in [-0.39, 0.29) is 18.1 Å². The molecule has 2 atom stereocenters. The number of ether oxygens (including phenoxy) is 1. The molecule has 2 unspecified atom stereocenters. The Balaban J connectivity index is 1.91. The molecule has 1 heterocycles. The molecule has 122 valence electrons. The quantitative estimate of drug-likeness (QED) is 0.846. The van der Waals surface area contributed by atoms with Crippen LogP contribution >= 0.6 is 0 Å². The molecule has 0 aromatic heterocycles. The summed E-state index contributed by atoms with van der Waals surface area (Å²) < 4.78 is 5.10. The predicted octanol–water partition coefficient (Wildman–Crippen LogP) is 2.26. The van der Waals surface area contributed by atoms with Gasteiger partial charge < -0.3 is 15.2 Å². The number of hydrogen-bond acceptors (Lipinski definition) is 4. The highest BCUT2D eigenvalue weighted by Gasteiger charge is 2.28. The van der Waals surface area contributed by atoms with Crippen LogP contribution in [0.1, 0.15) is 32.6 Å². The van der Waals surface area contributed by atoms with Gasteiger partial charge in [-0.05, 0) is 50.1 Å². The fraction of sp³-hybridized carbons (Fsp3) is 0.588. The molecule has 1 aromatic carbocycles. The molecule has 0 saturated carbocycles. The summed E-state index contributed by atoms with van der Waals surface area (Å²) >= 11 is 0. The summed E-state index contributed by atoms with van der Waals surface area (Å²) in [7, 11) is 1.61. The second kappa shape index (κ2) is 8.15. The van der Waals surface area contributed by atoms with Gasteiger partial charge in [0.1, 0.15) is 5.75 Å². The van der Waals surface area contributed by atoms with Crippen molar-refractivity contribution in [2.75, 3.05) is 25.5 Å². The first-order valence-corrected chi connectivity index (χ1v) is 8.00. The van der Waals surface area contributed by atoms with Crippen LogP contribution in [-0.2, 0) is 4.79 Å². The van der Waals surface area contributed by atoms with Crippen LogP contribution in [0.25, 0.3) is 0 Å². The lowest BCUT2D eigenvalue weighted by atomic mass is 9.96. The molecule has 0 radical (unpaired) electrons. The van der Waals surface area contributed by atoms with Crippen LogP contribution < -0.4 is 10.1 Å². The van der Waals surface area contributed by atoms with E-state index in [1.807, 2.05) is 31.2 Å². The van der Waals surface area contributed by atoms with Crippen molar-refractivity contribution >= 4 is 11.6 Å². The lowest BCUT2D eigenvalue weighted by molar-refractivity contribution is -0.119. The standard InChI is InChI=1S/C17H26N2O3/c1-3-16(20)15-6-4-5-11-19(15)12-17(21)18-13-7-9-14(22-2)10-8-13/h7-10,15-16,20H,3-6,11-12H2,1-2H3,(H,18,21). The Morgan fingerprint density at radius 1 is 1.41 bits per heavy atom. The maximum Gasteiger partial charge on any atom is 0.238 e. The summed E-state index contributed by atoms with van der Waals surface area (Å²) in [6.07, 6.45) is 3.54. The number of nitrogens with zero attached hydrogens (tertiary/aromatic N) is 1. The number of carbonyl (C=O) groups excluding carboxylic acids is 1. The van der Waals surface area contributed by atoms with E-state index in [2.05, 4.69) is 10.2 Å². The lowest BCUT2D eigenvalue weighted by Gasteiger charge is -2.37. The Morgan fingerprint density at radius 2 is 2.14 bits per heavy atom. The van der Waals surface area contributed by atoms with Gasteiger partial charge in [-0.1, -0.05) is 13.3 Å². The molecular weight excluding hydrogens is 280 g/mol. The van der Waals surface area contributed by atoms with Crippen LogP contribution in [0, 0.1) is 0 Å². The minimum Gasteiger partial charge on any atom is -0.497 e. The van der Waals surface area contributed by atoms with Crippen molar-refractivity contribution in [3.63, 3.8) is 0 Å². The third kappa shape index (κ3) is 4.45. The van der Waals surface area contributed by atoms with E-state index in [1.165, 1.54) is 0 Å². The monoisotopic (exact) mass is 306 g/mol. The van der Waals surface area contributed by atoms with Crippen molar-refractivity contribution in [2.24, 2.45) is 0 Å². The van der Waals surface area contributed by atoms with Gasteiger partial charge in [0.25, 0.3) is 0 Å². The fourth-order valence-corrected chi connectivity index (χ4v) is 2.98. The van der Waals surface area contributed by atoms with Gasteiger partial charge in [0, 0.05) is 11.7 Å². The Kier molecular flexibility index (Phi) is 6.21. The van der Waals surface area contributed by atoms with Crippen molar-refractivity contribution in [1.29, 1.82) is 0 Å². The molecule has 1 aliphatic heterocycles. The zero-order chi connectivity index (χ0) is 15.9. The summed E-state index contributed by atoms with van der Waals surface area (Å²) in [6, 6.07) is 7.39. The zero-order valence-corrected chi connectivity index (χ0v) is 13.4. The summed E-state index contributed by atoms with van der Waals surface area (Å²) in [5.74, 6) is 0.723. The normalized spacial score (nSPS) is 20.4. The minimum absolute atomic E-state index is 0.0413. The van der Waals surface area contributed by atoms with Crippen LogP contribution in [0.2, 0.25) is 0 Å². The van der Waals surface area contributed by atoms with Crippen LogP contribution in [0.3, 0.4) is 0 Å². The van der Waals surface area contributed by atoms with E-state index in [1.54, 1.807) is 7.11 Å². The number of benzene rings is 1. The molecule has 0 bridgehead atoms. The highest BCUT2D eigenvalue weighted by Crippen LogP contribution is 2.21. The molecule has 1 saturated heterocycles. The Bertz CT molecular complexity index is 475.